The summed E-state index contributed by atoms with van der Waals surface area (Å²) in [6.45, 7) is 7.83. The molecule has 5 heterocycles. The van der Waals surface area contributed by atoms with Crippen molar-refractivity contribution in [1.82, 2.24) is 19.0 Å². The van der Waals surface area contributed by atoms with Gasteiger partial charge >= 0.3 is 6.09 Å². The molecule has 2 aromatic heterocycles. The lowest BCUT2D eigenvalue weighted by molar-refractivity contribution is -0.119. The molecule has 2 saturated heterocycles. The Kier molecular flexibility index (Phi) is 5.42. The predicted molar refractivity (Wildman–Crippen MR) is 153 cm³/mol. The summed E-state index contributed by atoms with van der Waals surface area (Å²) >= 11 is 0. The zero-order valence-corrected chi connectivity index (χ0v) is 23.3. The lowest BCUT2D eigenvalue weighted by atomic mass is 9.79. The second-order valence-corrected chi connectivity index (χ2v) is 12.4. The van der Waals surface area contributed by atoms with Crippen molar-refractivity contribution >= 4 is 17.7 Å². The van der Waals surface area contributed by atoms with E-state index in [4.69, 9.17) is 10.00 Å². The fourth-order valence-electron chi connectivity index (χ4n) is 6.26. The molecule has 9 nitrogen and oxygen atoms in total. The number of carbonyl (C=O) groups is 2. The minimum atomic E-state index is -0.545. The van der Waals surface area contributed by atoms with Gasteiger partial charge in [-0.2, -0.15) is 5.26 Å². The van der Waals surface area contributed by atoms with Crippen LogP contribution in [-0.4, -0.2) is 56.3 Å². The maximum absolute atomic E-state index is 13.2. The number of fused-ring (bicyclic) bond motifs is 5. The fraction of sp³-hybridized carbons (Fsp3) is 0.312. The van der Waals surface area contributed by atoms with Gasteiger partial charge in [-0.05, 0) is 68.3 Å². The zero-order chi connectivity index (χ0) is 28.5. The van der Waals surface area contributed by atoms with Crippen molar-refractivity contribution in [2.75, 3.05) is 24.5 Å². The highest BCUT2D eigenvalue weighted by Gasteiger charge is 2.53. The normalized spacial score (nSPS) is 16.9. The van der Waals surface area contributed by atoms with Crippen LogP contribution >= 0.6 is 0 Å². The van der Waals surface area contributed by atoms with Crippen molar-refractivity contribution < 1.29 is 14.3 Å². The monoisotopic (exact) mass is 546 g/mol. The predicted octanol–water partition coefficient (Wildman–Crippen LogP) is 5.21. The largest absolute Gasteiger partial charge is 0.444 e. The molecule has 0 N–H and O–H groups in total. The van der Waals surface area contributed by atoms with Crippen LogP contribution in [0.4, 0.5) is 10.5 Å². The summed E-state index contributed by atoms with van der Waals surface area (Å²) in [6.07, 6.45) is 5.99. The van der Waals surface area contributed by atoms with Crippen LogP contribution in [0.1, 0.15) is 38.3 Å². The number of benzene rings is 2. The van der Waals surface area contributed by atoms with Gasteiger partial charge in [0.05, 0.1) is 23.0 Å². The summed E-state index contributed by atoms with van der Waals surface area (Å²) in [6, 6.07) is 18.1. The molecular weight excluding hydrogens is 516 g/mol. The first-order valence-corrected chi connectivity index (χ1v) is 13.8. The van der Waals surface area contributed by atoms with Gasteiger partial charge in [0.25, 0.3) is 0 Å². The molecule has 0 unspecified atom stereocenters. The maximum Gasteiger partial charge on any atom is 0.410 e. The third-order valence-electron chi connectivity index (χ3n) is 8.11. The Labute approximate surface area is 238 Å². The first kappa shape index (κ1) is 25.1. The number of imidazole rings is 1. The minimum absolute atomic E-state index is 0.0792. The Morgan fingerprint density at radius 2 is 1.83 bits per heavy atom. The summed E-state index contributed by atoms with van der Waals surface area (Å²) in [5.41, 5.74) is 5.92. The summed E-state index contributed by atoms with van der Waals surface area (Å²) in [5, 5.41) is 9.17. The molecule has 7 rings (SSSR count). The Bertz CT molecular complexity index is 1740. The fourth-order valence-corrected chi connectivity index (χ4v) is 6.26. The average molecular weight is 547 g/mol. The molecule has 1 spiro atoms. The molecule has 3 aliphatic rings. The maximum atomic E-state index is 13.2. The molecule has 9 heteroatoms. The average Bonchev–Trinajstić information content (AvgIpc) is 3.62. The second-order valence-electron chi connectivity index (χ2n) is 12.4. The topological polar surface area (TPSA) is 96.4 Å². The Balaban J connectivity index is 1.16. The number of carbonyl (C=O) groups excluding carboxylic acids is 2. The first-order valence-electron chi connectivity index (χ1n) is 13.8. The lowest BCUT2D eigenvalue weighted by Crippen LogP contribution is -2.60. The molecule has 4 aromatic rings. The number of aromatic nitrogens is 3. The molecule has 2 fully saturated rings. The van der Waals surface area contributed by atoms with Crippen LogP contribution in [0.25, 0.3) is 28.3 Å². The van der Waals surface area contributed by atoms with Gasteiger partial charge in [0.15, 0.2) is 5.82 Å². The van der Waals surface area contributed by atoms with Gasteiger partial charge < -0.3 is 19.1 Å². The molecule has 2 aromatic carbocycles. The van der Waals surface area contributed by atoms with E-state index in [9.17, 15) is 9.59 Å². The SMILES string of the molecule is CC(C)(C)OC(=O)N1CC2(CC(=O)N(c3ccc4c(c3)Cn3cc(-c5ccc(C#N)cc5)cc3-c3nccn3-4)C2)C1. The van der Waals surface area contributed by atoms with Crippen LogP contribution in [0.3, 0.4) is 0 Å². The van der Waals surface area contributed by atoms with Crippen molar-refractivity contribution in [3.8, 4) is 34.4 Å². The van der Waals surface area contributed by atoms with Crippen LogP contribution in [0.2, 0.25) is 0 Å². The number of anilines is 1. The Morgan fingerprint density at radius 1 is 1.05 bits per heavy atom. The van der Waals surface area contributed by atoms with Gasteiger partial charge in [0.2, 0.25) is 5.91 Å². The molecule has 0 bridgehead atoms. The van der Waals surface area contributed by atoms with E-state index in [0.717, 1.165) is 39.6 Å². The van der Waals surface area contributed by atoms with Gasteiger partial charge in [-0.15, -0.1) is 0 Å². The number of nitrogens with zero attached hydrogens (tertiary/aromatic N) is 6. The van der Waals surface area contributed by atoms with Gasteiger partial charge in [-0.25, -0.2) is 9.78 Å². The van der Waals surface area contributed by atoms with Gasteiger partial charge in [-0.3, -0.25) is 9.36 Å². The quantitative estimate of drug-likeness (QED) is 0.303. The summed E-state index contributed by atoms with van der Waals surface area (Å²) in [4.78, 5) is 34.0. The van der Waals surface area contributed by atoms with Crippen LogP contribution in [-0.2, 0) is 16.1 Å². The number of hydrogen-bond acceptors (Lipinski definition) is 5. The van der Waals surface area contributed by atoms with Crippen molar-refractivity contribution in [3.63, 3.8) is 0 Å². The zero-order valence-electron chi connectivity index (χ0n) is 23.3. The number of hydrogen-bond donors (Lipinski definition) is 0. The summed E-state index contributed by atoms with van der Waals surface area (Å²) in [5.74, 6) is 0.930. The van der Waals surface area contributed by atoms with E-state index in [0.29, 0.717) is 38.2 Å². The second kappa shape index (κ2) is 8.83. The third-order valence-corrected chi connectivity index (χ3v) is 8.11. The van der Waals surface area contributed by atoms with E-state index >= 15 is 0 Å². The van der Waals surface area contributed by atoms with E-state index in [1.165, 1.54) is 0 Å². The smallest absolute Gasteiger partial charge is 0.410 e. The molecule has 0 aliphatic carbocycles. The third kappa shape index (κ3) is 4.27. The van der Waals surface area contributed by atoms with Gasteiger partial charge in [0, 0.05) is 67.9 Å². The van der Waals surface area contributed by atoms with E-state index in [1.807, 2.05) is 62.2 Å². The lowest BCUT2D eigenvalue weighted by Gasteiger charge is -2.47. The van der Waals surface area contributed by atoms with E-state index in [1.54, 1.807) is 11.1 Å². The number of rotatable bonds is 2. The molecule has 0 radical (unpaired) electrons. The van der Waals surface area contributed by atoms with Crippen LogP contribution in [0, 0.1) is 16.7 Å². The molecule has 0 atom stereocenters. The highest BCUT2D eigenvalue weighted by Crippen LogP contribution is 2.43. The Morgan fingerprint density at radius 3 is 2.56 bits per heavy atom. The van der Waals surface area contributed by atoms with Crippen molar-refractivity contribution in [1.29, 1.82) is 5.26 Å². The van der Waals surface area contributed by atoms with Crippen LogP contribution in [0.5, 0.6) is 0 Å². The highest BCUT2D eigenvalue weighted by molar-refractivity contribution is 5.97. The van der Waals surface area contributed by atoms with E-state index in [2.05, 4.69) is 44.6 Å². The highest BCUT2D eigenvalue weighted by atomic mass is 16.6. The van der Waals surface area contributed by atoms with Gasteiger partial charge in [-0.1, -0.05) is 12.1 Å². The summed E-state index contributed by atoms with van der Waals surface area (Å²) < 4.78 is 9.80. The number of ether oxygens (including phenoxy) is 1. The van der Waals surface area contributed by atoms with E-state index < -0.39 is 5.60 Å². The van der Waals surface area contributed by atoms with Crippen LogP contribution in [0.15, 0.2) is 67.1 Å². The van der Waals surface area contributed by atoms with Crippen molar-refractivity contribution in [2.45, 2.75) is 39.3 Å². The number of amides is 2. The van der Waals surface area contributed by atoms with E-state index in [-0.39, 0.29) is 17.4 Å². The molecular formula is C32H30N6O3. The molecule has 0 saturated carbocycles. The molecule has 2 amide bonds. The van der Waals surface area contributed by atoms with Gasteiger partial charge in [0.1, 0.15) is 5.60 Å². The number of nitriles is 1. The Hall–Kier alpha value is -4.84. The molecule has 206 valence electrons. The van der Waals surface area contributed by atoms with Crippen molar-refractivity contribution in [2.24, 2.45) is 5.41 Å². The first-order chi connectivity index (χ1) is 19.6. The standard InChI is InChI=1S/C32H30N6O3/c1-31(2,3)41-30(40)36-18-32(19-36)14-28(39)38(20-32)25-8-9-26-24(12-25)17-35-16-23(22-6-4-21(15-33)5-7-22)13-27(35)29-34-10-11-37(26)29/h4-13,16H,14,17-20H2,1-3H3. The van der Waals surface area contributed by atoms with Crippen molar-refractivity contribution in [3.05, 3.63) is 78.2 Å². The minimum Gasteiger partial charge on any atom is -0.444 e. The molecule has 3 aliphatic heterocycles. The summed E-state index contributed by atoms with van der Waals surface area (Å²) in [7, 11) is 0. The number of likely N-dealkylation sites (tertiary alicyclic amines) is 1. The van der Waals surface area contributed by atoms with Crippen LogP contribution < -0.4 is 4.90 Å². The molecule has 41 heavy (non-hydrogen) atoms.